The fourth-order valence-corrected chi connectivity index (χ4v) is 1.82. The highest BCUT2D eigenvalue weighted by Crippen LogP contribution is 2.35. The highest BCUT2D eigenvalue weighted by atomic mass is 16.5. The zero-order valence-corrected chi connectivity index (χ0v) is 9.56. The predicted octanol–water partition coefficient (Wildman–Crippen LogP) is 0.458. The number of hydrogen-bond donors (Lipinski definition) is 2. The normalized spacial score (nSPS) is 17.3. The molecule has 0 aliphatic carbocycles. The van der Waals surface area contributed by atoms with Crippen molar-refractivity contribution in [2.75, 3.05) is 24.7 Å². The molecule has 17 heavy (non-hydrogen) atoms. The van der Waals surface area contributed by atoms with Gasteiger partial charge in [0.2, 0.25) is 5.88 Å². The maximum absolute atomic E-state index is 8.92. The van der Waals surface area contributed by atoms with Crippen LogP contribution in [0.2, 0.25) is 0 Å². The zero-order chi connectivity index (χ0) is 12.4. The Hall–Kier alpha value is -2.00. The Kier molecular flexibility index (Phi) is 3.02. The van der Waals surface area contributed by atoms with E-state index in [1.807, 2.05) is 13.0 Å². The Balaban J connectivity index is 2.27. The molecular formula is C11H14N4O2. The number of pyridine rings is 1. The Bertz CT molecular complexity index is 481. The van der Waals surface area contributed by atoms with Gasteiger partial charge in [-0.1, -0.05) is 0 Å². The quantitative estimate of drug-likeness (QED) is 0.786. The van der Waals surface area contributed by atoms with Crippen molar-refractivity contribution in [3.05, 3.63) is 11.1 Å². The van der Waals surface area contributed by atoms with Crippen molar-refractivity contribution >= 4 is 11.5 Å². The van der Waals surface area contributed by atoms with Crippen molar-refractivity contribution in [1.82, 2.24) is 4.98 Å². The molecule has 1 atom stereocenters. The van der Waals surface area contributed by atoms with E-state index in [4.69, 9.17) is 26.2 Å². The van der Waals surface area contributed by atoms with E-state index >= 15 is 0 Å². The number of rotatable bonds is 3. The van der Waals surface area contributed by atoms with Crippen molar-refractivity contribution in [2.24, 2.45) is 0 Å². The van der Waals surface area contributed by atoms with Gasteiger partial charge < -0.3 is 20.9 Å². The molecule has 6 nitrogen and oxygen atoms in total. The van der Waals surface area contributed by atoms with E-state index < -0.39 is 0 Å². The van der Waals surface area contributed by atoms with E-state index in [1.165, 1.54) is 0 Å². The predicted molar refractivity (Wildman–Crippen MR) is 62.4 cm³/mol. The largest absolute Gasteiger partial charge is 0.471 e. The lowest BCUT2D eigenvalue weighted by molar-refractivity contribution is 0.0661. The van der Waals surface area contributed by atoms with E-state index in [-0.39, 0.29) is 17.5 Å². The summed E-state index contributed by atoms with van der Waals surface area (Å²) in [7, 11) is 0. The molecule has 6 heteroatoms. The van der Waals surface area contributed by atoms with Gasteiger partial charge in [0, 0.05) is 18.6 Å². The summed E-state index contributed by atoms with van der Waals surface area (Å²) in [4.78, 5) is 4.04. The van der Waals surface area contributed by atoms with E-state index in [0.29, 0.717) is 31.2 Å². The van der Waals surface area contributed by atoms with Crippen LogP contribution in [0, 0.1) is 11.3 Å². The minimum absolute atomic E-state index is 0.104. The Labute approximate surface area is 99.1 Å². The second-order valence-corrected chi connectivity index (χ2v) is 3.78. The standard InChI is InChI=1S/C11H14N4O2/c1-2-16-5-6-3-7-9(13)8(4-12)10(14)15-11(7)17-6/h6H,2-3,5H2,1H3,(H4,13,14,15). The molecule has 0 fully saturated rings. The lowest BCUT2D eigenvalue weighted by Gasteiger charge is -2.09. The molecule has 0 aromatic carbocycles. The maximum atomic E-state index is 8.92. The van der Waals surface area contributed by atoms with Crippen molar-refractivity contribution < 1.29 is 9.47 Å². The molecule has 1 aromatic heterocycles. The molecule has 1 unspecified atom stereocenters. The Morgan fingerprint density at radius 1 is 1.59 bits per heavy atom. The molecule has 0 amide bonds. The molecule has 0 bridgehead atoms. The van der Waals surface area contributed by atoms with Crippen LogP contribution in [0.25, 0.3) is 0 Å². The highest BCUT2D eigenvalue weighted by molar-refractivity contribution is 5.71. The zero-order valence-electron chi connectivity index (χ0n) is 9.56. The number of nitrogen functional groups attached to an aromatic ring is 2. The summed E-state index contributed by atoms with van der Waals surface area (Å²) in [6, 6.07) is 1.95. The topological polar surface area (TPSA) is 107 Å². The third-order valence-corrected chi connectivity index (χ3v) is 2.66. The Morgan fingerprint density at radius 3 is 3.00 bits per heavy atom. The van der Waals surface area contributed by atoms with Gasteiger partial charge in [0.05, 0.1) is 12.3 Å². The molecule has 1 aliphatic rings. The smallest absolute Gasteiger partial charge is 0.221 e. The van der Waals surface area contributed by atoms with Crippen LogP contribution in [-0.4, -0.2) is 24.3 Å². The summed E-state index contributed by atoms with van der Waals surface area (Å²) in [6.45, 7) is 3.03. The monoisotopic (exact) mass is 234 g/mol. The lowest BCUT2D eigenvalue weighted by atomic mass is 10.1. The van der Waals surface area contributed by atoms with Gasteiger partial charge in [0.15, 0.2) is 0 Å². The molecule has 0 spiro atoms. The summed E-state index contributed by atoms with van der Waals surface area (Å²) < 4.78 is 10.9. The minimum atomic E-state index is -0.104. The van der Waals surface area contributed by atoms with Gasteiger partial charge in [0.25, 0.3) is 0 Å². The number of ether oxygens (including phenoxy) is 2. The van der Waals surface area contributed by atoms with Gasteiger partial charge >= 0.3 is 0 Å². The number of fused-ring (bicyclic) bond motifs is 1. The van der Waals surface area contributed by atoms with Crippen molar-refractivity contribution in [3.8, 4) is 11.9 Å². The molecule has 1 aromatic rings. The minimum Gasteiger partial charge on any atom is -0.471 e. The van der Waals surface area contributed by atoms with E-state index in [2.05, 4.69) is 4.98 Å². The van der Waals surface area contributed by atoms with Gasteiger partial charge in [-0.15, -0.1) is 0 Å². The third kappa shape index (κ3) is 1.97. The summed E-state index contributed by atoms with van der Waals surface area (Å²) in [5.41, 5.74) is 12.8. The third-order valence-electron chi connectivity index (χ3n) is 2.66. The van der Waals surface area contributed by atoms with Crippen molar-refractivity contribution in [1.29, 1.82) is 5.26 Å². The van der Waals surface area contributed by atoms with Crippen LogP contribution >= 0.6 is 0 Å². The highest BCUT2D eigenvalue weighted by Gasteiger charge is 2.29. The lowest BCUT2D eigenvalue weighted by Crippen LogP contribution is -2.20. The summed E-state index contributed by atoms with van der Waals surface area (Å²) >= 11 is 0. The number of nitriles is 1. The summed E-state index contributed by atoms with van der Waals surface area (Å²) in [5, 5.41) is 8.92. The van der Waals surface area contributed by atoms with Gasteiger partial charge in [-0.2, -0.15) is 10.2 Å². The first-order valence-electron chi connectivity index (χ1n) is 5.39. The SMILES string of the molecule is CCOCC1Cc2c(nc(N)c(C#N)c2N)O1. The molecule has 90 valence electrons. The van der Waals surface area contributed by atoms with E-state index in [1.54, 1.807) is 0 Å². The number of nitrogens with zero attached hydrogens (tertiary/aromatic N) is 2. The van der Waals surface area contributed by atoms with Crippen LogP contribution in [-0.2, 0) is 11.2 Å². The fourth-order valence-electron chi connectivity index (χ4n) is 1.82. The van der Waals surface area contributed by atoms with Crippen molar-refractivity contribution in [2.45, 2.75) is 19.4 Å². The Morgan fingerprint density at radius 2 is 2.35 bits per heavy atom. The molecule has 4 N–H and O–H groups in total. The van der Waals surface area contributed by atoms with E-state index in [9.17, 15) is 0 Å². The molecule has 0 saturated heterocycles. The molecule has 0 radical (unpaired) electrons. The molecular weight excluding hydrogens is 220 g/mol. The molecule has 2 heterocycles. The maximum Gasteiger partial charge on any atom is 0.221 e. The second kappa shape index (κ2) is 4.47. The van der Waals surface area contributed by atoms with Gasteiger partial charge in [-0.05, 0) is 6.92 Å². The van der Waals surface area contributed by atoms with Crippen LogP contribution < -0.4 is 16.2 Å². The first kappa shape index (κ1) is 11.5. The molecule has 1 aliphatic heterocycles. The van der Waals surface area contributed by atoms with E-state index in [0.717, 1.165) is 5.56 Å². The van der Waals surface area contributed by atoms with Crippen LogP contribution in [0.3, 0.4) is 0 Å². The van der Waals surface area contributed by atoms with Gasteiger partial charge in [-0.25, -0.2) is 0 Å². The van der Waals surface area contributed by atoms with Crippen LogP contribution in [0.15, 0.2) is 0 Å². The molecule has 2 rings (SSSR count). The van der Waals surface area contributed by atoms with Gasteiger partial charge in [0.1, 0.15) is 23.6 Å². The second-order valence-electron chi connectivity index (χ2n) is 3.78. The van der Waals surface area contributed by atoms with Crippen LogP contribution in [0.5, 0.6) is 5.88 Å². The average Bonchev–Trinajstić information content (AvgIpc) is 2.70. The fraction of sp³-hybridized carbons (Fsp3) is 0.455. The van der Waals surface area contributed by atoms with Crippen LogP contribution in [0.4, 0.5) is 11.5 Å². The first-order chi connectivity index (χ1) is 8.17. The number of hydrogen-bond acceptors (Lipinski definition) is 6. The first-order valence-corrected chi connectivity index (χ1v) is 5.39. The number of aromatic nitrogens is 1. The number of nitrogens with two attached hydrogens (primary N) is 2. The summed E-state index contributed by atoms with van der Waals surface area (Å²) in [6.07, 6.45) is 0.497. The number of anilines is 2. The van der Waals surface area contributed by atoms with Gasteiger partial charge in [-0.3, -0.25) is 0 Å². The van der Waals surface area contributed by atoms with Crippen LogP contribution in [0.1, 0.15) is 18.1 Å². The van der Waals surface area contributed by atoms with Crippen molar-refractivity contribution in [3.63, 3.8) is 0 Å². The summed E-state index contributed by atoms with van der Waals surface area (Å²) in [5.74, 6) is 0.532. The molecule has 0 saturated carbocycles. The average molecular weight is 234 g/mol.